The molecular weight excluding hydrogens is 294 g/mol. The summed E-state index contributed by atoms with van der Waals surface area (Å²) in [6.45, 7) is 0. The molecule has 3 aromatic rings. The third-order valence-electron chi connectivity index (χ3n) is 3.02. The van der Waals surface area contributed by atoms with Crippen molar-refractivity contribution in [3.05, 3.63) is 30.1 Å². The van der Waals surface area contributed by atoms with E-state index in [-0.39, 0.29) is 6.23 Å². The van der Waals surface area contributed by atoms with Gasteiger partial charge in [-0.2, -0.15) is 0 Å². The van der Waals surface area contributed by atoms with Crippen LogP contribution in [0.1, 0.15) is 11.9 Å². The van der Waals surface area contributed by atoms with Crippen LogP contribution in [0.5, 0.6) is 5.75 Å². The number of anilines is 2. The van der Waals surface area contributed by atoms with Crippen molar-refractivity contribution in [2.75, 3.05) is 17.3 Å². The van der Waals surface area contributed by atoms with E-state index < -0.39 is 0 Å². The number of ether oxygens (including phenoxy) is 1. The summed E-state index contributed by atoms with van der Waals surface area (Å²) in [5.41, 5.74) is 8.18. The first-order chi connectivity index (χ1) is 9.72. The zero-order valence-electron chi connectivity index (χ0n) is 10.5. The standard InChI is InChI=1S/C12H11N5OS2/c1-19-12-16-17-5-8(15-11(17)20-12)10-14-7-3-2-6(13)4-9(7)18-10/h2-5,10,14H,13H2,1H3. The lowest BCUT2D eigenvalue weighted by Crippen LogP contribution is -2.10. The molecule has 0 saturated heterocycles. The molecule has 2 aromatic heterocycles. The normalized spacial score (nSPS) is 16.9. The molecule has 1 aromatic carbocycles. The zero-order chi connectivity index (χ0) is 13.7. The van der Waals surface area contributed by atoms with Gasteiger partial charge in [0.25, 0.3) is 0 Å². The summed E-state index contributed by atoms with van der Waals surface area (Å²) in [7, 11) is 0. The molecule has 8 heteroatoms. The van der Waals surface area contributed by atoms with Crippen LogP contribution in [-0.2, 0) is 0 Å². The van der Waals surface area contributed by atoms with Gasteiger partial charge in [0, 0.05) is 11.8 Å². The van der Waals surface area contributed by atoms with Gasteiger partial charge in [0.05, 0.1) is 11.9 Å². The molecule has 0 saturated carbocycles. The maximum absolute atomic E-state index is 5.83. The maximum Gasteiger partial charge on any atom is 0.215 e. The number of fused-ring (bicyclic) bond motifs is 2. The highest BCUT2D eigenvalue weighted by atomic mass is 32.2. The van der Waals surface area contributed by atoms with Crippen molar-refractivity contribution in [3.8, 4) is 5.75 Å². The molecular formula is C12H11N5OS2. The average molecular weight is 305 g/mol. The summed E-state index contributed by atoms with van der Waals surface area (Å²) in [5.74, 6) is 0.754. The molecule has 4 rings (SSSR count). The molecule has 0 radical (unpaired) electrons. The van der Waals surface area contributed by atoms with E-state index in [1.807, 2.05) is 30.7 Å². The van der Waals surface area contributed by atoms with Crippen molar-refractivity contribution >= 4 is 39.4 Å². The summed E-state index contributed by atoms with van der Waals surface area (Å²) in [5, 5.41) is 7.69. The number of nitrogens with two attached hydrogens (primary N) is 1. The van der Waals surface area contributed by atoms with Crippen LogP contribution in [0.15, 0.2) is 28.7 Å². The number of nitrogen functional groups attached to an aromatic ring is 1. The third kappa shape index (κ3) is 1.80. The molecule has 3 N–H and O–H groups in total. The first-order valence-corrected chi connectivity index (χ1v) is 8.00. The maximum atomic E-state index is 5.83. The van der Waals surface area contributed by atoms with E-state index in [0.29, 0.717) is 5.69 Å². The summed E-state index contributed by atoms with van der Waals surface area (Å²) in [6.07, 6.45) is 3.60. The number of benzene rings is 1. The van der Waals surface area contributed by atoms with E-state index in [1.54, 1.807) is 27.6 Å². The van der Waals surface area contributed by atoms with Crippen molar-refractivity contribution in [3.63, 3.8) is 0 Å². The Morgan fingerprint density at radius 1 is 1.50 bits per heavy atom. The van der Waals surface area contributed by atoms with Gasteiger partial charge in [-0.1, -0.05) is 23.1 Å². The first kappa shape index (κ1) is 11.9. The van der Waals surface area contributed by atoms with Crippen molar-refractivity contribution in [2.24, 2.45) is 0 Å². The van der Waals surface area contributed by atoms with E-state index in [4.69, 9.17) is 10.5 Å². The van der Waals surface area contributed by atoms with Crippen LogP contribution in [0, 0.1) is 0 Å². The van der Waals surface area contributed by atoms with Crippen molar-refractivity contribution < 1.29 is 4.74 Å². The van der Waals surface area contributed by atoms with Crippen LogP contribution in [0.25, 0.3) is 4.96 Å². The fraction of sp³-hybridized carbons (Fsp3) is 0.167. The van der Waals surface area contributed by atoms with Gasteiger partial charge in [0.1, 0.15) is 11.4 Å². The molecule has 1 atom stereocenters. The second-order valence-corrected chi connectivity index (χ2v) is 6.37. The van der Waals surface area contributed by atoms with E-state index in [9.17, 15) is 0 Å². The summed E-state index contributed by atoms with van der Waals surface area (Å²) in [6, 6.07) is 5.56. The van der Waals surface area contributed by atoms with Crippen molar-refractivity contribution in [1.82, 2.24) is 14.6 Å². The fourth-order valence-electron chi connectivity index (χ4n) is 2.10. The molecule has 6 nitrogen and oxygen atoms in total. The minimum atomic E-state index is -0.293. The second-order valence-electron chi connectivity index (χ2n) is 4.36. The molecule has 102 valence electrons. The SMILES string of the molecule is CSc1nn2cc(C3Nc4ccc(N)cc4O3)nc2s1. The fourth-order valence-corrected chi connectivity index (χ4v) is 3.44. The lowest BCUT2D eigenvalue weighted by Gasteiger charge is -2.07. The number of nitrogens with zero attached hydrogens (tertiary/aromatic N) is 3. The highest BCUT2D eigenvalue weighted by Gasteiger charge is 2.26. The largest absolute Gasteiger partial charge is 0.463 e. The Kier molecular flexibility index (Phi) is 2.54. The second kappa shape index (κ2) is 4.29. The lowest BCUT2D eigenvalue weighted by atomic mass is 10.2. The Balaban J connectivity index is 1.66. The minimum Gasteiger partial charge on any atom is -0.463 e. The molecule has 0 bridgehead atoms. The predicted molar refractivity (Wildman–Crippen MR) is 80.5 cm³/mol. The smallest absolute Gasteiger partial charge is 0.215 e. The number of aromatic nitrogens is 3. The van der Waals surface area contributed by atoms with Crippen molar-refractivity contribution in [1.29, 1.82) is 0 Å². The lowest BCUT2D eigenvalue weighted by molar-refractivity contribution is 0.255. The zero-order valence-corrected chi connectivity index (χ0v) is 12.2. The first-order valence-electron chi connectivity index (χ1n) is 5.96. The molecule has 1 aliphatic rings. The molecule has 1 unspecified atom stereocenters. The third-order valence-corrected chi connectivity index (χ3v) is 4.92. The minimum absolute atomic E-state index is 0.293. The van der Waals surface area contributed by atoms with Crippen LogP contribution < -0.4 is 15.8 Å². The van der Waals surface area contributed by atoms with Gasteiger partial charge >= 0.3 is 0 Å². The van der Waals surface area contributed by atoms with E-state index in [2.05, 4.69) is 15.4 Å². The molecule has 0 fully saturated rings. The molecule has 20 heavy (non-hydrogen) atoms. The molecule has 0 aliphatic carbocycles. The predicted octanol–water partition coefficient (Wildman–Crippen LogP) is 2.60. The summed E-state index contributed by atoms with van der Waals surface area (Å²) < 4.78 is 8.62. The Morgan fingerprint density at radius 2 is 2.40 bits per heavy atom. The topological polar surface area (TPSA) is 77.5 Å². The molecule has 3 heterocycles. The van der Waals surface area contributed by atoms with Gasteiger partial charge in [-0.3, -0.25) is 0 Å². The van der Waals surface area contributed by atoms with Crippen LogP contribution in [0.3, 0.4) is 0 Å². The summed E-state index contributed by atoms with van der Waals surface area (Å²) in [4.78, 5) is 5.42. The molecule has 0 amide bonds. The van der Waals surface area contributed by atoms with Gasteiger partial charge in [0.15, 0.2) is 4.34 Å². The highest BCUT2D eigenvalue weighted by molar-refractivity contribution is 8.00. The Morgan fingerprint density at radius 3 is 3.20 bits per heavy atom. The number of hydrogen-bond donors (Lipinski definition) is 2. The van der Waals surface area contributed by atoms with Gasteiger partial charge in [-0.05, 0) is 18.4 Å². The monoisotopic (exact) mass is 305 g/mol. The number of rotatable bonds is 2. The van der Waals surface area contributed by atoms with Crippen LogP contribution >= 0.6 is 23.1 Å². The van der Waals surface area contributed by atoms with Crippen LogP contribution in [0.2, 0.25) is 0 Å². The van der Waals surface area contributed by atoms with Gasteiger partial charge in [0.2, 0.25) is 11.2 Å². The van der Waals surface area contributed by atoms with E-state index in [1.165, 1.54) is 0 Å². The average Bonchev–Trinajstić information content (AvgIpc) is 3.08. The number of hydrogen-bond acceptors (Lipinski definition) is 7. The van der Waals surface area contributed by atoms with Crippen LogP contribution in [0.4, 0.5) is 11.4 Å². The summed E-state index contributed by atoms with van der Waals surface area (Å²) >= 11 is 3.18. The number of imidazole rings is 1. The van der Waals surface area contributed by atoms with Gasteiger partial charge in [-0.25, -0.2) is 9.50 Å². The van der Waals surface area contributed by atoms with Gasteiger partial charge < -0.3 is 15.8 Å². The van der Waals surface area contributed by atoms with E-state index >= 15 is 0 Å². The Bertz CT molecular complexity index is 765. The molecule has 1 aliphatic heterocycles. The Labute approximate surface area is 123 Å². The van der Waals surface area contributed by atoms with Gasteiger partial charge in [-0.15, -0.1) is 5.10 Å². The Hall–Kier alpha value is -1.93. The van der Waals surface area contributed by atoms with Crippen molar-refractivity contribution in [2.45, 2.75) is 10.6 Å². The van der Waals surface area contributed by atoms with E-state index in [0.717, 1.165) is 26.4 Å². The molecule has 0 spiro atoms. The highest BCUT2D eigenvalue weighted by Crippen LogP contribution is 2.39. The number of nitrogens with one attached hydrogen (secondary N) is 1. The quantitative estimate of drug-likeness (QED) is 0.560. The number of thioether (sulfide) groups is 1. The van der Waals surface area contributed by atoms with Crippen LogP contribution in [-0.4, -0.2) is 20.9 Å².